The first-order valence-corrected chi connectivity index (χ1v) is 8.31. The second-order valence-corrected chi connectivity index (χ2v) is 5.87. The second kappa shape index (κ2) is 9.59. The van der Waals surface area contributed by atoms with Crippen molar-refractivity contribution in [2.24, 2.45) is 0 Å². The molecular formula is C20H23FN4O2. The Morgan fingerprint density at radius 2 is 2.07 bits per heavy atom. The molecule has 0 saturated carbocycles. The van der Waals surface area contributed by atoms with Gasteiger partial charge in [-0.15, -0.1) is 0 Å². The second-order valence-electron chi connectivity index (χ2n) is 5.87. The van der Waals surface area contributed by atoms with Gasteiger partial charge in [-0.05, 0) is 31.6 Å². The Bertz CT molecular complexity index is 865. The van der Waals surface area contributed by atoms with E-state index in [1.165, 1.54) is 6.20 Å². The predicted octanol–water partition coefficient (Wildman–Crippen LogP) is 4.39. The summed E-state index contributed by atoms with van der Waals surface area (Å²) in [6, 6.07) is 1.81. The molecule has 1 N–H and O–H groups in total. The van der Waals surface area contributed by atoms with Crippen molar-refractivity contribution in [1.82, 2.24) is 15.0 Å². The number of halogens is 1. The van der Waals surface area contributed by atoms with Gasteiger partial charge in [0, 0.05) is 25.2 Å². The van der Waals surface area contributed by atoms with Crippen molar-refractivity contribution in [2.45, 2.75) is 13.8 Å². The van der Waals surface area contributed by atoms with E-state index in [0.717, 1.165) is 11.3 Å². The Kier molecular flexibility index (Phi) is 7.19. The fourth-order valence-corrected chi connectivity index (χ4v) is 2.18. The Morgan fingerprint density at radius 1 is 1.30 bits per heavy atom. The molecule has 0 aliphatic carbocycles. The van der Waals surface area contributed by atoms with Crippen molar-refractivity contribution in [3.05, 3.63) is 66.7 Å². The van der Waals surface area contributed by atoms with E-state index in [1.54, 1.807) is 32.5 Å². The summed E-state index contributed by atoms with van der Waals surface area (Å²) >= 11 is 0. The van der Waals surface area contributed by atoms with Crippen LogP contribution in [0.25, 0.3) is 5.57 Å². The zero-order valence-electron chi connectivity index (χ0n) is 15.8. The largest absolute Gasteiger partial charge is 0.486 e. The molecule has 0 radical (unpaired) electrons. The first kappa shape index (κ1) is 20.3. The molecule has 142 valence electrons. The summed E-state index contributed by atoms with van der Waals surface area (Å²) in [7, 11) is 1.59. The van der Waals surface area contributed by atoms with E-state index >= 15 is 0 Å². The third-order valence-corrected chi connectivity index (χ3v) is 3.50. The molecule has 27 heavy (non-hydrogen) atoms. The molecule has 7 heteroatoms. The molecule has 0 spiro atoms. The minimum absolute atomic E-state index is 0.167. The highest BCUT2D eigenvalue weighted by atomic mass is 19.1. The molecule has 0 fully saturated rings. The monoisotopic (exact) mass is 370 g/mol. The number of nitrogens with one attached hydrogen (secondary N) is 1. The van der Waals surface area contributed by atoms with Crippen molar-refractivity contribution in [3.8, 4) is 5.75 Å². The van der Waals surface area contributed by atoms with Crippen LogP contribution in [0.15, 0.2) is 55.3 Å². The van der Waals surface area contributed by atoms with Crippen LogP contribution in [0.4, 0.5) is 15.9 Å². The summed E-state index contributed by atoms with van der Waals surface area (Å²) < 4.78 is 24.6. The maximum Gasteiger partial charge on any atom is 0.180 e. The molecule has 0 amide bonds. The lowest BCUT2D eigenvalue weighted by atomic mass is 10.1. The van der Waals surface area contributed by atoms with Gasteiger partial charge in [0.2, 0.25) is 0 Å². The predicted molar refractivity (Wildman–Crippen MR) is 105 cm³/mol. The Balaban J connectivity index is 2.46. The number of rotatable bonds is 9. The number of hydrogen-bond donors (Lipinski definition) is 1. The number of ether oxygens (including phenoxy) is 2. The Labute approximate surface area is 158 Å². The maximum atomic E-state index is 13.9. The molecule has 2 aromatic rings. The first-order valence-electron chi connectivity index (χ1n) is 8.31. The third kappa shape index (κ3) is 5.72. The van der Waals surface area contributed by atoms with E-state index < -0.39 is 5.83 Å². The van der Waals surface area contributed by atoms with E-state index in [4.69, 9.17) is 9.47 Å². The van der Waals surface area contributed by atoms with E-state index in [2.05, 4.69) is 33.4 Å². The lowest BCUT2D eigenvalue weighted by Crippen LogP contribution is -2.09. The molecule has 0 aromatic carbocycles. The fourth-order valence-electron chi connectivity index (χ4n) is 2.18. The van der Waals surface area contributed by atoms with Gasteiger partial charge in [-0.2, -0.15) is 0 Å². The van der Waals surface area contributed by atoms with Crippen LogP contribution in [0.1, 0.15) is 18.3 Å². The summed E-state index contributed by atoms with van der Waals surface area (Å²) in [6.45, 7) is 11.5. The van der Waals surface area contributed by atoms with Crippen molar-refractivity contribution < 1.29 is 13.9 Å². The summed E-state index contributed by atoms with van der Waals surface area (Å²) in [5, 5.41) is 3.20. The quantitative estimate of drug-likeness (QED) is 0.521. The smallest absolute Gasteiger partial charge is 0.180 e. The average Bonchev–Trinajstić information content (AvgIpc) is 2.62. The topological polar surface area (TPSA) is 69.2 Å². The third-order valence-electron chi connectivity index (χ3n) is 3.50. The highest BCUT2D eigenvalue weighted by Gasteiger charge is 2.15. The van der Waals surface area contributed by atoms with Gasteiger partial charge in [0.15, 0.2) is 17.4 Å². The molecule has 2 aromatic heterocycles. The van der Waals surface area contributed by atoms with Crippen LogP contribution in [-0.2, 0) is 4.74 Å². The molecule has 0 bridgehead atoms. The van der Waals surface area contributed by atoms with Crippen LogP contribution >= 0.6 is 0 Å². The van der Waals surface area contributed by atoms with Crippen LogP contribution in [0.2, 0.25) is 0 Å². The molecule has 0 aliphatic rings. The number of aromatic nitrogens is 3. The minimum atomic E-state index is -0.642. The molecule has 0 atom stereocenters. The van der Waals surface area contributed by atoms with Crippen molar-refractivity contribution in [3.63, 3.8) is 0 Å². The van der Waals surface area contributed by atoms with E-state index in [-0.39, 0.29) is 11.4 Å². The van der Waals surface area contributed by atoms with Crippen LogP contribution in [0.5, 0.6) is 5.75 Å². The van der Waals surface area contributed by atoms with Gasteiger partial charge in [-0.1, -0.05) is 18.7 Å². The van der Waals surface area contributed by atoms with Gasteiger partial charge < -0.3 is 14.8 Å². The highest BCUT2D eigenvalue weighted by molar-refractivity contribution is 5.76. The summed E-state index contributed by atoms with van der Waals surface area (Å²) in [5.74, 6) is 0.362. The number of methoxy groups -OCH3 is 1. The lowest BCUT2D eigenvalue weighted by Gasteiger charge is -2.15. The number of pyridine rings is 1. The molecule has 2 rings (SSSR count). The van der Waals surface area contributed by atoms with Crippen molar-refractivity contribution >= 4 is 17.1 Å². The van der Waals surface area contributed by atoms with E-state index in [1.807, 2.05) is 13.0 Å². The SMILES string of the molecule is C=C(C)/C=C(\C(=C)F)c1ncc(OCCOC)c(Nc2ccncc2C)n1. The molecule has 0 aliphatic heterocycles. The molecule has 6 nitrogen and oxygen atoms in total. The lowest BCUT2D eigenvalue weighted by molar-refractivity contribution is 0.146. The Morgan fingerprint density at radius 3 is 2.70 bits per heavy atom. The van der Waals surface area contributed by atoms with Gasteiger partial charge in [-0.3, -0.25) is 4.98 Å². The van der Waals surface area contributed by atoms with Crippen LogP contribution in [0, 0.1) is 6.92 Å². The molecule has 0 unspecified atom stereocenters. The summed E-state index contributed by atoms with van der Waals surface area (Å²) in [5.41, 5.74) is 2.55. The van der Waals surface area contributed by atoms with Crippen molar-refractivity contribution in [1.29, 1.82) is 0 Å². The van der Waals surface area contributed by atoms with Gasteiger partial charge in [0.1, 0.15) is 12.4 Å². The number of aryl methyl sites for hydroxylation is 1. The molecule has 0 saturated heterocycles. The van der Waals surface area contributed by atoms with Gasteiger partial charge in [-0.25, -0.2) is 14.4 Å². The van der Waals surface area contributed by atoms with E-state index in [0.29, 0.717) is 30.4 Å². The molecular weight excluding hydrogens is 347 g/mol. The molecule has 2 heterocycles. The zero-order chi connectivity index (χ0) is 19.8. The minimum Gasteiger partial charge on any atom is -0.486 e. The maximum absolute atomic E-state index is 13.9. The zero-order valence-corrected chi connectivity index (χ0v) is 15.8. The number of hydrogen-bond acceptors (Lipinski definition) is 6. The van der Waals surface area contributed by atoms with Gasteiger partial charge >= 0.3 is 0 Å². The van der Waals surface area contributed by atoms with Crippen molar-refractivity contribution in [2.75, 3.05) is 25.6 Å². The van der Waals surface area contributed by atoms with Gasteiger partial charge in [0.05, 0.1) is 18.4 Å². The van der Waals surface area contributed by atoms with Crippen LogP contribution in [0.3, 0.4) is 0 Å². The van der Waals surface area contributed by atoms with Crippen LogP contribution in [-0.4, -0.2) is 35.3 Å². The standard InChI is InChI=1S/C20H23FN4O2/c1-13(2)10-16(15(4)21)19-23-12-18(27-9-8-26-5)20(25-19)24-17-6-7-22-11-14(17)3/h6-7,10-12H,1,4,8-9H2,2-3,5H3,(H,22,23,24,25)/b16-10+. The normalized spacial score (nSPS) is 11.2. The van der Waals surface area contributed by atoms with Crippen LogP contribution < -0.4 is 10.1 Å². The summed E-state index contributed by atoms with van der Waals surface area (Å²) in [6.07, 6.45) is 6.43. The first-order chi connectivity index (χ1) is 12.9. The highest BCUT2D eigenvalue weighted by Crippen LogP contribution is 2.30. The summed E-state index contributed by atoms with van der Waals surface area (Å²) in [4.78, 5) is 12.7. The van der Waals surface area contributed by atoms with Gasteiger partial charge in [0.25, 0.3) is 0 Å². The van der Waals surface area contributed by atoms with E-state index in [9.17, 15) is 4.39 Å². The Hall–Kier alpha value is -3.06. The fraction of sp³-hybridized carbons (Fsp3) is 0.250. The number of allylic oxidation sites excluding steroid dienone is 4. The number of nitrogens with zero attached hydrogens (tertiary/aromatic N) is 3. The number of anilines is 2. The average molecular weight is 370 g/mol.